The molecule has 0 radical (unpaired) electrons. The molecule has 1 aliphatic carbocycles. The van der Waals surface area contributed by atoms with E-state index < -0.39 is 17.4 Å². The van der Waals surface area contributed by atoms with Crippen LogP contribution in [0.1, 0.15) is 28.4 Å². The number of carbonyl (C=O) groups excluding carboxylic acids is 1. The molecule has 0 unspecified atom stereocenters. The maximum atomic E-state index is 13.3. The fourth-order valence-corrected chi connectivity index (χ4v) is 3.95. The topological polar surface area (TPSA) is 75.6 Å². The fraction of sp³-hybridized carbons (Fsp3) is 0.217. The number of carboxylic acids is 1. The van der Waals surface area contributed by atoms with Crippen LogP contribution >= 0.6 is 0 Å². The second-order valence-electron chi connectivity index (χ2n) is 7.06. The lowest BCUT2D eigenvalue weighted by molar-refractivity contribution is -0.144. The van der Waals surface area contributed by atoms with E-state index in [4.69, 9.17) is 4.74 Å². The summed E-state index contributed by atoms with van der Waals surface area (Å²) in [6.45, 7) is 2.26. The zero-order chi connectivity index (χ0) is 19.7. The zero-order valence-corrected chi connectivity index (χ0v) is 15.6. The highest BCUT2D eigenvalue weighted by Gasteiger charge is 2.45. The molecule has 4 rings (SSSR count). The highest BCUT2D eigenvalue weighted by Crippen LogP contribution is 2.33. The molecule has 5 nitrogen and oxygen atoms in total. The quantitative estimate of drug-likeness (QED) is 0.715. The van der Waals surface area contributed by atoms with Gasteiger partial charge < -0.3 is 15.2 Å². The van der Waals surface area contributed by atoms with Gasteiger partial charge in [0, 0.05) is 12.8 Å². The summed E-state index contributed by atoms with van der Waals surface area (Å²) in [5.41, 5.74) is 0.916. The number of carbonyl (C=O) groups is 2. The average Bonchev–Trinajstić information content (AvgIpc) is 3.07. The van der Waals surface area contributed by atoms with Gasteiger partial charge in [-0.25, -0.2) is 4.79 Å². The first-order chi connectivity index (χ1) is 13.5. The van der Waals surface area contributed by atoms with Gasteiger partial charge in [0.1, 0.15) is 11.3 Å². The van der Waals surface area contributed by atoms with Crippen molar-refractivity contribution in [1.29, 1.82) is 0 Å². The summed E-state index contributed by atoms with van der Waals surface area (Å²) in [6, 6.07) is 18.8. The maximum absolute atomic E-state index is 13.3. The predicted octanol–water partition coefficient (Wildman–Crippen LogP) is 3.59. The van der Waals surface area contributed by atoms with Crippen LogP contribution in [0.5, 0.6) is 5.75 Å². The van der Waals surface area contributed by atoms with Crippen molar-refractivity contribution in [3.63, 3.8) is 0 Å². The molecule has 0 saturated carbocycles. The third-order valence-electron chi connectivity index (χ3n) is 5.28. The average molecular weight is 375 g/mol. The van der Waals surface area contributed by atoms with Crippen molar-refractivity contribution in [2.75, 3.05) is 6.61 Å². The minimum Gasteiger partial charge on any atom is -0.493 e. The lowest BCUT2D eigenvalue weighted by Gasteiger charge is -2.26. The minimum atomic E-state index is -1.36. The van der Waals surface area contributed by atoms with E-state index in [0.29, 0.717) is 17.9 Å². The molecule has 142 valence electrons. The van der Waals surface area contributed by atoms with Crippen molar-refractivity contribution < 1.29 is 19.4 Å². The molecule has 3 aromatic carbocycles. The Kier molecular flexibility index (Phi) is 4.51. The molecule has 0 heterocycles. The highest BCUT2D eigenvalue weighted by molar-refractivity contribution is 6.10. The first-order valence-corrected chi connectivity index (χ1v) is 9.31. The minimum absolute atomic E-state index is 0.263. The summed E-state index contributed by atoms with van der Waals surface area (Å²) in [7, 11) is 0. The monoisotopic (exact) mass is 375 g/mol. The van der Waals surface area contributed by atoms with E-state index in [1.807, 2.05) is 61.5 Å². The van der Waals surface area contributed by atoms with Gasteiger partial charge in [-0.3, -0.25) is 4.79 Å². The summed E-state index contributed by atoms with van der Waals surface area (Å²) < 4.78 is 5.68. The van der Waals surface area contributed by atoms with E-state index in [9.17, 15) is 14.7 Å². The number of hydrogen-bond acceptors (Lipinski definition) is 3. The number of carboxylic acid groups (broad SMARTS) is 1. The van der Waals surface area contributed by atoms with Gasteiger partial charge in [0.05, 0.1) is 12.2 Å². The number of aliphatic carboxylic acids is 1. The molecule has 0 fully saturated rings. The summed E-state index contributed by atoms with van der Waals surface area (Å²) in [4.78, 5) is 25.5. The Bertz CT molecular complexity index is 1050. The molecule has 5 heteroatoms. The first-order valence-electron chi connectivity index (χ1n) is 9.31. The van der Waals surface area contributed by atoms with Gasteiger partial charge in [0.15, 0.2) is 0 Å². The zero-order valence-electron chi connectivity index (χ0n) is 15.6. The van der Waals surface area contributed by atoms with E-state index in [1.165, 1.54) is 0 Å². The van der Waals surface area contributed by atoms with E-state index in [0.717, 1.165) is 21.9 Å². The Morgan fingerprint density at radius 2 is 1.64 bits per heavy atom. The Hall–Kier alpha value is -3.34. The molecule has 3 aromatic rings. The second kappa shape index (κ2) is 7.00. The van der Waals surface area contributed by atoms with Gasteiger partial charge in [-0.05, 0) is 34.9 Å². The number of rotatable bonds is 5. The normalized spacial score (nSPS) is 14.5. The third kappa shape index (κ3) is 2.99. The van der Waals surface area contributed by atoms with E-state index in [2.05, 4.69) is 5.32 Å². The van der Waals surface area contributed by atoms with Crippen LogP contribution in [0.2, 0.25) is 0 Å². The smallest absolute Gasteiger partial charge is 0.330 e. The Morgan fingerprint density at radius 1 is 1.00 bits per heavy atom. The van der Waals surface area contributed by atoms with Crippen molar-refractivity contribution >= 4 is 22.6 Å². The van der Waals surface area contributed by atoms with Crippen LogP contribution in [0, 0.1) is 0 Å². The molecule has 1 aliphatic rings. The van der Waals surface area contributed by atoms with Gasteiger partial charge in [-0.1, -0.05) is 54.6 Å². The van der Waals surface area contributed by atoms with Gasteiger partial charge >= 0.3 is 5.97 Å². The molecular weight excluding hydrogens is 354 g/mol. The van der Waals surface area contributed by atoms with Gasteiger partial charge in [-0.15, -0.1) is 0 Å². The van der Waals surface area contributed by atoms with Crippen molar-refractivity contribution in [1.82, 2.24) is 5.32 Å². The number of nitrogens with one attached hydrogen (secondary N) is 1. The van der Waals surface area contributed by atoms with Gasteiger partial charge in [-0.2, -0.15) is 0 Å². The molecule has 0 atom stereocenters. The predicted molar refractivity (Wildman–Crippen MR) is 107 cm³/mol. The summed E-state index contributed by atoms with van der Waals surface area (Å²) in [5.74, 6) is -1.01. The lowest BCUT2D eigenvalue weighted by Crippen LogP contribution is -2.55. The van der Waals surface area contributed by atoms with Crippen LogP contribution in [0.15, 0.2) is 60.7 Å². The van der Waals surface area contributed by atoms with Crippen LogP contribution in [0.25, 0.3) is 10.8 Å². The molecule has 0 saturated heterocycles. The highest BCUT2D eigenvalue weighted by atomic mass is 16.5. The summed E-state index contributed by atoms with van der Waals surface area (Å²) in [6.07, 6.45) is 0.526. The van der Waals surface area contributed by atoms with Crippen LogP contribution in [0.4, 0.5) is 0 Å². The van der Waals surface area contributed by atoms with E-state index in [1.54, 1.807) is 6.07 Å². The van der Waals surface area contributed by atoms with Gasteiger partial charge in [0.2, 0.25) is 0 Å². The van der Waals surface area contributed by atoms with Crippen molar-refractivity contribution in [2.45, 2.75) is 25.3 Å². The molecule has 0 spiro atoms. The molecule has 1 amide bonds. The SMILES string of the molecule is CCOc1ccc2ccccc2c1C(=O)NC1(C(=O)O)Cc2ccccc2C1. The lowest BCUT2D eigenvalue weighted by atomic mass is 9.94. The van der Waals surface area contributed by atoms with E-state index >= 15 is 0 Å². The Morgan fingerprint density at radius 3 is 2.29 bits per heavy atom. The number of fused-ring (bicyclic) bond motifs is 2. The maximum Gasteiger partial charge on any atom is 0.330 e. The number of amides is 1. The molecule has 2 N–H and O–H groups in total. The number of hydrogen-bond donors (Lipinski definition) is 2. The van der Waals surface area contributed by atoms with Crippen LogP contribution in [-0.4, -0.2) is 29.1 Å². The molecular formula is C23H21NO4. The van der Waals surface area contributed by atoms with Crippen LogP contribution in [0.3, 0.4) is 0 Å². The third-order valence-corrected chi connectivity index (χ3v) is 5.28. The molecule has 28 heavy (non-hydrogen) atoms. The van der Waals surface area contributed by atoms with Crippen molar-refractivity contribution in [2.24, 2.45) is 0 Å². The Labute approximate surface area is 162 Å². The van der Waals surface area contributed by atoms with Crippen LogP contribution in [-0.2, 0) is 17.6 Å². The Balaban J connectivity index is 1.76. The second-order valence-corrected chi connectivity index (χ2v) is 7.06. The largest absolute Gasteiger partial charge is 0.493 e. The molecule has 0 aromatic heterocycles. The van der Waals surface area contributed by atoms with Gasteiger partial charge in [0.25, 0.3) is 5.91 Å². The summed E-state index contributed by atoms with van der Waals surface area (Å²) >= 11 is 0. The number of ether oxygens (including phenoxy) is 1. The van der Waals surface area contributed by atoms with Crippen LogP contribution < -0.4 is 10.1 Å². The van der Waals surface area contributed by atoms with E-state index in [-0.39, 0.29) is 12.8 Å². The van der Waals surface area contributed by atoms with Crippen molar-refractivity contribution in [3.8, 4) is 5.75 Å². The first kappa shape index (κ1) is 18.0. The fourth-order valence-electron chi connectivity index (χ4n) is 3.95. The molecule has 0 bridgehead atoms. The molecule has 0 aliphatic heterocycles. The summed E-state index contributed by atoms with van der Waals surface area (Å²) in [5, 5.41) is 14.4. The standard InChI is InChI=1S/C23H21NO4/c1-2-28-19-12-11-15-7-5-6-10-18(15)20(19)21(25)24-23(22(26)27)13-16-8-3-4-9-17(16)14-23/h3-12H,2,13-14H2,1H3,(H,24,25)(H,26,27). The van der Waals surface area contributed by atoms with Crippen molar-refractivity contribution in [3.05, 3.63) is 77.4 Å². The number of benzene rings is 3.